The highest BCUT2D eigenvalue weighted by molar-refractivity contribution is 6.31. The maximum atomic E-state index is 12.6. The van der Waals surface area contributed by atoms with Crippen LogP contribution < -0.4 is 5.32 Å². The third kappa shape index (κ3) is 2.67. The molecule has 25 heavy (non-hydrogen) atoms. The molecule has 1 aromatic rings. The number of rotatable bonds is 4. The van der Waals surface area contributed by atoms with E-state index in [1.54, 1.807) is 12.1 Å². The Morgan fingerprint density at radius 3 is 2.48 bits per heavy atom. The number of aryl methyl sites for hydroxylation is 1. The third-order valence-electron chi connectivity index (χ3n) is 5.60. The molecule has 1 N–H and O–H groups in total. The number of hydrogen-bond acceptors (Lipinski definition) is 3. The van der Waals surface area contributed by atoms with Gasteiger partial charge in [-0.25, -0.2) is 0 Å². The summed E-state index contributed by atoms with van der Waals surface area (Å²) in [5, 5.41) is 3.34. The average molecular weight is 359 g/mol. The molecule has 0 spiro atoms. The zero-order chi connectivity index (χ0) is 17.7. The number of allylic oxidation sites excluding steroid dienone is 2. The predicted molar refractivity (Wildman–Crippen MR) is 93.9 cm³/mol. The minimum atomic E-state index is -0.232. The van der Waals surface area contributed by atoms with Crippen LogP contribution in [0.2, 0.25) is 5.02 Å². The first-order chi connectivity index (χ1) is 12.0. The fraction of sp³-hybridized carbons (Fsp3) is 0.421. The van der Waals surface area contributed by atoms with Gasteiger partial charge in [0.15, 0.2) is 0 Å². The van der Waals surface area contributed by atoms with Crippen LogP contribution in [0.5, 0.6) is 0 Å². The molecule has 1 saturated heterocycles. The van der Waals surface area contributed by atoms with Crippen LogP contribution in [0.1, 0.15) is 18.4 Å². The molecule has 4 atom stereocenters. The number of benzene rings is 1. The van der Waals surface area contributed by atoms with Crippen LogP contribution in [-0.2, 0) is 14.4 Å². The van der Waals surface area contributed by atoms with Gasteiger partial charge < -0.3 is 5.32 Å². The SMILES string of the molecule is Cc1ccc(Cl)cc1NC(=O)CCN1C(=O)[C@@H]2[C@@H](C1=O)[C@H]1C=C[C@H]2C1. The van der Waals surface area contributed by atoms with Gasteiger partial charge >= 0.3 is 0 Å². The van der Waals surface area contributed by atoms with Crippen LogP contribution in [0.25, 0.3) is 0 Å². The largest absolute Gasteiger partial charge is 0.326 e. The first-order valence-electron chi connectivity index (χ1n) is 8.55. The van der Waals surface area contributed by atoms with E-state index in [4.69, 9.17) is 11.6 Å². The van der Waals surface area contributed by atoms with Crippen LogP contribution in [0, 0.1) is 30.6 Å². The number of nitrogens with one attached hydrogen (secondary N) is 1. The van der Waals surface area contributed by atoms with Crippen molar-refractivity contribution >= 4 is 35.0 Å². The third-order valence-corrected chi connectivity index (χ3v) is 5.83. The molecule has 4 rings (SSSR count). The second-order valence-electron chi connectivity index (χ2n) is 7.09. The van der Waals surface area contributed by atoms with Gasteiger partial charge in [-0.2, -0.15) is 0 Å². The van der Waals surface area contributed by atoms with E-state index in [1.165, 1.54) is 4.90 Å². The van der Waals surface area contributed by atoms with Gasteiger partial charge in [-0.05, 0) is 42.9 Å². The lowest BCUT2D eigenvalue weighted by Gasteiger charge is -2.17. The highest BCUT2D eigenvalue weighted by atomic mass is 35.5. The molecule has 3 amide bonds. The second kappa shape index (κ2) is 5.99. The number of likely N-dealkylation sites (tertiary alicyclic amines) is 1. The van der Waals surface area contributed by atoms with Crippen molar-refractivity contribution in [2.24, 2.45) is 23.7 Å². The van der Waals surface area contributed by atoms with E-state index in [0.717, 1.165) is 12.0 Å². The molecule has 2 fully saturated rings. The molecular formula is C19H19ClN2O3. The predicted octanol–water partition coefficient (Wildman–Crippen LogP) is 2.78. The van der Waals surface area contributed by atoms with Crippen LogP contribution in [0.4, 0.5) is 5.69 Å². The minimum absolute atomic E-state index is 0.0889. The quantitative estimate of drug-likeness (QED) is 0.664. The highest BCUT2D eigenvalue weighted by Gasteiger charge is 2.58. The molecule has 1 aliphatic heterocycles. The van der Waals surface area contributed by atoms with E-state index in [1.807, 2.05) is 13.0 Å². The summed E-state index contributed by atoms with van der Waals surface area (Å²) in [4.78, 5) is 38.7. The summed E-state index contributed by atoms with van der Waals surface area (Å²) in [5.41, 5.74) is 1.55. The summed E-state index contributed by atoms with van der Waals surface area (Å²) in [6.45, 7) is 2.01. The van der Waals surface area contributed by atoms with Crippen LogP contribution in [-0.4, -0.2) is 29.2 Å². The topological polar surface area (TPSA) is 66.5 Å². The van der Waals surface area contributed by atoms with Crippen molar-refractivity contribution in [3.05, 3.63) is 40.9 Å². The number of imide groups is 1. The molecular weight excluding hydrogens is 340 g/mol. The number of carbonyl (C=O) groups excluding carboxylic acids is 3. The monoisotopic (exact) mass is 358 g/mol. The van der Waals surface area contributed by atoms with Crippen molar-refractivity contribution in [2.45, 2.75) is 19.8 Å². The van der Waals surface area contributed by atoms with Gasteiger partial charge in [0.1, 0.15) is 0 Å². The molecule has 5 nitrogen and oxygen atoms in total. The molecule has 2 bridgehead atoms. The number of nitrogens with zero attached hydrogens (tertiary/aromatic N) is 1. The van der Waals surface area contributed by atoms with E-state index in [0.29, 0.717) is 10.7 Å². The van der Waals surface area contributed by atoms with Gasteiger partial charge in [-0.15, -0.1) is 0 Å². The lowest BCUT2D eigenvalue weighted by Crippen LogP contribution is -2.35. The Kier molecular flexibility index (Phi) is 3.91. The van der Waals surface area contributed by atoms with Crippen molar-refractivity contribution < 1.29 is 14.4 Å². The number of hydrogen-bond donors (Lipinski definition) is 1. The molecule has 3 aliphatic rings. The van der Waals surface area contributed by atoms with Crippen molar-refractivity contribution in [3.8, 4) is 0 Å². The Bertz CT molecular complexity index is 774. The number of amides is 3. The maximum Gasteiger partial charge on any atom is 0.233 e. The van der Waals surface area contributed by atoms with Crippen LogP contribution in [0.3, 0.4) is 0 Å². The van der Waals surface area contributed by atoms with Gasteiger partial charge in [0.25, 0.3) is 0 Å². The summed E-state index contributed by atoms with van der Waals surface area (Å²) in [6.07, 6.45) is 5.13. The lowest BCUT2D eigenvalue weighted by atomic mass is 9.85. The molecule has 0 unspecified atom stereocenters. The van der Waals surface area contributed by atoms with Crippen molar-refractivity contribution in [1.82, 2.24) is 4.90 Å². The maximum absolute atomic E-state index is 12.6. The van der Waals surface area contributed by atoms with E-state index < -0.39 is 0 Å². The molecule has 6 heteroatoms. The van der Waals surface area contributed by atoms with Crippen molar-refractivity contribution in [3.63, 3.8) is 0 Å². The van der Waals surface area contributed by atoms with Gasteiger partial charge in [-0.1, -0.05) is 29.8 Å². The summed E-state index contributed by atoms with van der Waals surface area (Å²) in [5.74, 6) is -0.485. The first kappa shape index (κ1) is 16.3. The number of anilines is 1. The molecule has 0 radical (unpaired) electrons. The van der Waals surface area contributed by atoms with Crippen LogP contribution >= 0.6 is 11.6 Å². The number of carbonyl (C=O) groups is 3. The fourth-order valence-corrected chi connectivity index (χ4v) is 4.51. The Morgan fingerprint density at radius 1 is 1.20 bits per heavy atom. The summed E-state index contributed by atoms with van der Waals surface area (Å²) in [7, 11) is 0. The molecule has 0 aromatic heterocycles. The van der Waals surface area contributed by atoms with Crippen LogP contribution in [0.15, 0.2) is 30.4 Å². The van der Waals surface area contributed by atoms with Crippen molar-refractivity contribution in [2.75, 3.05) is 11.9 Å². The lowest BCUT2D eigenvalue weighted by molar-refractivity contribution is -0.140. The first-order valence-corrected chi connectivity index (χ1v) is 8.93. The fourth-order valence-electron chi connectivity index (χ4n) is 4.34. The molecule has 2 aliphatic carbocycles. The molecule has 1 heterocycles. The normalized spacial score (nSPS) is 29.4. The summed E-state index contributed by atoms with van der Waals surface area (Å²) >= 11 is 5.95. The second-order valence-corrected chi connectivity index (χ2v) is 7.52. The van der Waals surface area contributed by atoms with E-state index in [-0.39, 0.29) is 54.4 Å². The Balaban J connectivity index is 1.39. The number of halogens is 1. The van der Waals surface area contributed by atoms with Gasteiger partial charge in [0, 0.05) is 23.7 Å². The summed E-state index contributed by atoms with van der Waals surface area (Å²) < 4.78 is 0. The van der Waals surface area contributed by atoms with Gasteiger partial charge in [0.2, 0.25) is 17.7 Å². The summed E-state index contributed by atoms with van der Waals surface area (Å²) in [6, 6.07) is 5.28. The zero-order valence-electron chi connectivity index (χ0n) is 13.9. The average Bonchev–Trinajstić information content (AvgIpc) is 3.24. The minimum Gasteiger partial charge on any atom is -0.326 e. The highest BCUT2D eigenvalue weighted by Crippen LogP contribution is 2.52. The molecule has 1 saturated carbocycles. The van der Waals surface area contributed by atoms with Crippen molar-refractivity contribution in [1.29, 1.82) is 0 Å². The Morgan fingerprint density at radius 2 is 1.84 bits per heavy atom. The smallest absolute Gasteiger partial charge is 0.233 e. The van der Waals surface area contributed by atoms with Gasteiger partial charge in [-0.3, -0.25) is 19.3 Å². The zero-order valence-corrected chi connectivity index (χ0v) is 14.6. The Labute approximate surface area is 151 Å². The van der Waals surface area contributed by atoms with E-state index in [9.17, 15) is 14.4 Å². The molecule has 1 aromatic carbocycles. The molecule has 130 valence electrons. The Hall–Kier alpha value is -2.14. The van der Waals surface area contributed by atoms with Gasteiger partial charge in [0.05, 0.1) is 11.8 Å². The van der Waals surface area contributed by atoms with E-state index >= 15 is 0 Å². The van der Waals surface area contributed by atoms with E-state index in [2.05, 4.69) is 17.5 Å². The number of fused-ring (bicyclic) bond motifs is 5. The standard InChI is InChI=1S/C19H19ClN2O3/c1-10-2-5-13(20)9-14(10)21-15(23)6-7-22-18(24)16-11-3-4-12(8-11)17(16)19(22)25/h2-5,9,11-12,16-17H,6-8H2,1H3,(H,21,23)/t11-,12-,16-,17-/m0/s1.